The number of aromatic hydroxyl groups is 1. The lowest BCUT2D eigenvalue weighted by molar-refractivity contribution is 0.0697. The SMILES string of the molecule is COc1cc(C(=O)O)c(Nc2ccccc2O)nn1. The topological polar surface area (TPSA) is 105 Å². The fraction of sp³-hybridized carbons (Fsp3) is 0.0833. The maximum Gasteiger partial charge on any atom is 0.339 e. The number of methoxy groups -OCH3 is 1. The molecule has 7 heteroatoms. The van der Waals surface area contributed by atoms with Crippen molar-refractivity contribution in [3.8, 4) is 11.6 Å². The zero-order valence-corrected chi connectivity index (χ0v) is 9.99. The Balaban J connectivity index is 2.40. The lowest BCUT2D eigenvalue weighted by atomic mass is 10.2. The number of hydrogen-bond acceptors (Lipinski definition) is 6. The standard InChI is InChI=1S/C12H11N3O4/c1-19-10-6-7(12(17)18)11(15-14-10)13-8-4-2-3-5-9(8)16/h2-6,16H,1H3,(H,13,15)(H,17,18). The van der Waals surface area contributed by atoms with Gasteiger partial charge in [0, 0.05) is 6.07 Å². The van der Waals surface area contributed by atoms with Crippen LogP contribution in [0.4, 0.5) is 11.5 Å². The fourth-order valence-corrected chi connectivity index (χ4v) is 1.44. The molecule has 2 aromatic rings. The quantitative estimate of drug-likeness (QED) is 0.718. The number of carboxylic acids is 1. The number of aromatic nitrogens is 2. The van der Waals surface area contributed by atoms with Gasteiger partial charge >= 0.3 is 5.97 Å². The number of nitrogens with zero attached hydrogens (tertiary/aromatic N) is 2. The molecular formula is C12H11N3O4. The fourth-order valence-electron chi connectivity index (χ4n) is 1.44. The highest BCUT2D eigenvalue weighted by molar-refractivity contribution is 5.94. The van der Waals surface area contributed by atoms with Crippen molar-refractivity contribution in [2.75, 3.05) is 12.4 Å². The molecule has 7 nitrogen and oxygen atoms in total. The van der Waals surface area contributed by atoms with Gasteiger partial charge in [-0.05, 0) is 12.1 Å². The number of nitrogens with one attached hydrogen (secondary N) is 1. The molecule has 1 aromatic carbocycles. The molecule has 0 bridgehead atoms. The number of ether oxygens (including phenoxy) is 1. The summed E-state index contributed by atoms with van der Waals surface area (Å²) in [6.45, 7) is 0. The molecule has 0 aliphatic rings. The first kappa shape index (κ1) is 12.6. The van der Waals surface area contributed by atoms with Crippen LogP contribution >= 0.6 is 0 Å². The van der Waals surface area contributed by atoms with Crippen LogP contribution in [0.15, 0.2) is 30.3 Å². The van der Waals surface area contributed by atoms with E-state index in [0.29, 0.717) is 5.69 Å². The normalized spacial score (nSPS) is 9.95. The predicted molar refractivity (Wildman–Crippen MR) is 66.9 cm³/mol. The van der Waals surface area contributed by atoms with Gasteiger partial charge in [0.1, 0.15) is 11.3 Å². The second-order valence-corrected chi connectivity index (χ2v) is 3.60. The van der Waals surface area contributed by atoms with Gasteiger partial charge in [-0.15, -0.1) is 10.2 Å². The minimum atomic E-state index is -1.17. The van der Waals surface area contributed by atoms with Gasteiger partial charge in [-0.1, -0.05) is 12.1 Å². The maximum atomic E-state index is 11.1. The molecule has 0 aliphatic carbocycles. The van der Waals surface area contributed by atoms with Crippen molar-refractivity contribution >= 4 is 17.5 Å². The molecule has 0 aliphatic heterocycles. The smallest absolute Gasteiger partial charge is 0.339 e. The average molecular weight is 261 g/mol. The first-order valence-corrected chi connectivity index (χ1v) is 5.32. The molecule has 1 aromatic heterocycles. The number of benzene rings is 1. The van der Waals surface area contributed by atoms with E-state index >= 15 is 0 Å². The molecular weight excluding hydrogens is 250 g/mol. The Kier molecular flexibility index (Phi) is 3.46. The van der Waals surface area contributed by atoms with Gasteiger partial charge in [0.15, 0.2) is 5.82 Å². The molecule has 0 fully saturated rings. The van der Waals surface area contributed by atoms with E-state index in [1.807, 2.05) is 0 Å². The third kappa shape index (κ3) is 2.71. The van der Waals surface area contributed by atoms with Crippen LogP contribution in [0.1, 0.15) is 10.4 Å². The zero-order valence-electron chi connectivity index (χ0n) is 9.99. The van der Waals surface area contributed by atoms with E-state index < -0.39 is 5.97 Å². The minimum Gasteiger partial charge on any atom is -0.506 e. The third-order valence-corrected chi connectivity index (χ3v) is 2.37. The average Bonchev–Trinajstić information content (AvgIpc) is 2.41. The van der Waals surface area contributed by atoms with Crippen LogP contribution in [0.25, 0.3) is 0 Å². The Bertz CT molecular complexity index is 616. The summed E-state index contributed by atoms with van der Waals surface area (Å²) in [6, 6.07) is 7.65. The van der Waals surface area contributed by atoms with Gasteiger partial charge in [0.25, 0.3) is 0 Å². The van der Waals surface area contributed by atoms with Crippen LogP contribution in [-0.4, -0.2) is 33.5 Å². The number of anilines is 2. The number of phenolic OH excluding ortho intramolecular Hbond substituents is 1. The largest absolute Gasteiger partial charge is 0.506 e. The van der Waals surface area contributed by atoms with E-state index in [0.717, 1.165) is 0 Å². The van der Waals surface area contributed by atoms with Gasteiger partial charge < -0.3 is 20.3 Å². The van der Waals surface area contributed by atoms with Crippen LogP contribution in [0.5, 0.6) is 11.6 Å². The highest BCUT2D eigenvalue weighted by Crippen LogP contribution is 2.27. The van der Waals surface area contributed by atoms with E-state index in [4.69, 9.17) is 9.84 Å². The van der Waals surface area contributed by atoms with Gasteiger partial charge in [0.2, 0.25) is 5.88 Å². The molecule has 0 spiro atoms. The molecule has 0 radical (unpaired) electrons. The number of para-hydroxylation sites is 2. The molecule has 3 N–H and O–H groups in total. The van der Waals surface area contributed by atoms with E-state index in [9.17, 15) is 9.90 Å². The molecule has 0 amide bonds. The lowest BCUT2D eigenvalue weighted by Gasteiger charge is -2.09. The first-order valence-electron chi connectivity index (χ1n) is 5.32. The van der Waals surface area contributed by atoms with Crippen molar-refractivity contribution in [2.45, 2.75) is 0 Å². The van der Waals surface area contributed by atoms with Gasteiger partial charge in [-0.3, -0.25) is 0 Å². The van der Waals surface area contributed by atoms with Crippen LogP contribution in [0, 0.1) is 0 Å². The van der Waals surface area contributed by atoms with Crippen molar-refractivity contribution in [3.05, 3.63) is 35.9 Å². The summed E-state index contributed by atoms with van der Waals surface area (Å²) in [5.41, 5.74) is 0.236. The van der Waals surface area contributed by atoms with Crippen molar-refractivity contribution in [1.82, 2.24) is 10.2 Å². The molecule has 98 valence electrons. The predicted octanol–water partition coefficient (Wildman–Crippen LogP) is 1.63. The number of carboxylic acid groups (broad SMARTS) is 1. The van der Waals surface area contributed by atoms with E-state index in [1.54, 1.807) is 18.2 Å². The highest BCUT2D eigenvalue weighted by atomic mass is 16.5. The molecule has 19 heavy (non-hydrogen) atoms. The van der Waals surface area contributed by atoms with Crippen LogP contribution in [0.2, 0.25) is 0 Å². The van der Waals surface area contributed by atoms with Crippen molar-refractivity contribution in [2.24, 2.45) is 0 Å². The maximum absolute atomic E-state index is 11.1. The molecule has 0 unspecified atom stereocenters. The Morgan fingerprint density at radius 3 is 2.68 bits per heavy atom. The Morgan fingerprint density at radius 2 is 2.05 bits per heavy atom. The second kappa shape index (κ2) is 5.21. The van der Waals surface area contributed by atoms with Gasteiger partial charge in [-0.25, -0.2) is 4.79 Å². The summed E-state index contributed by atoms with van der Waals surface area (Å²) in [5.74, 6) is -1.07. The van der Waals surface area contributed by atoms with Gasteiger partial charge in [0.05, 0.1) is 12.8 Å². The number of carbonyl (C=O) groups is 1. The Morgan fingerprint density at radius 1 is 1.32 bits per heavy atom. The minimum absolute atomic E-state index is 0.0172. The molecule has 0 atom stereocenters. The number of hydrogen-bond donors (Lipinski definition) is 3. The van der Waals surface area contributed by atoms with Crippen LogP contribution in [0.3, 0.4) is 0 Å². The van der Waals surface area contributed by atoms with Gasteiger partial charge in [-0.2, -0.15) is 0 Å². The summed E-state index contributed by atoms with van der Waals surface area (Å²) in [4.78, 5) is 11.1. The zero-order chi connectivity index (χ0) is 13.8. The summed E-state index contributed by atoms with van der Waals surface area (Å²) >= 11 is 0. The van der Waals surface area contributed by atoms with Crippen LogP contribution < -0.4 is 10.1 Å². The second-order valence-electron chi connectivity index (χ2n) is 3.60. The molecule has 1 heterocycles. The molecule has 2 rings (SSSR count). The summed E-state index contributed by atoms with van der Waals surface area (Å²) in [7, 11) is 1.37. The monoisotopic (exact) mass is 261 g/mol. The number of rotatable bonds is 4. The third-order valence-electron chi connectivity index (χ3n) is 2.37. The van der Waals surface area contributed by atoms with E-state index in [2.05, 4.69) is 15.5 Å². The van der Waals surface area contributed by atoms with Crippen molar-refractivity contribution in [3.63, 3.8) is 0 Å². The highest BCUT2D eigenvalue weighted by Gasteiger charge is 2.15. The first-order chi connectivity index (χ1) is 9.11. The van der Waals surface area contributed by atoms with E-state index in [-0.39, 0.29) is 23.0 Å². The van der Waals surface area contributed by atoms with Crippen molar-refractivity contribution in [1.29, 1.82) is 0 Å². The summed E-state index contributed by atoms with van der Waals surface area (Å²) < 4.78 is 4.82. The lowest BCUT2D eigenvalue weighted by Crippen LogP contribution is -2.07. The Labute approximate surface area is 108 Å². The van der Waals surface area contributed by atoms with E-state index in [1.165, 1.54) is 19.2 Å². The summed E-state index contributed by atoms with van der Waals surface area (Å²) in [5, 5.41) is 28.9. The number of aromatic carboxylic acids is 1. The number of phenols is 1. The molecule has 0 saturated carbocycles. The van der Waals surface area contributed by atoms with Crippen LogP contribution in [-0.2, 0) is 0 Å². The van der Waals surface area contributed by atoms with Crippen molar-refractivity contribution < 1.29 is 19.7 Å². The Hall–Kier alpha value is -2.83. The summed E-state index contributed by atoms with van der Waals surface area (Å²) in [6.07, 6.45) is 0. The molecule has 0 saturated heterocycles.